The van der Waals surface area contributed by atoms with Crippen molar-refractivity contribution in [3.8, 4) is 0 Å². The first-order chi connectivity index (χ1) is 10.3. The number of pyridine rings is 1. The molecule has 22 heavy (non-hydrogen) atoms. The molecule has 0 radical (unpaired) electrons. The van der Waals surface area contributed by atoms with Crippen molar-refractivity contribution >= 4 is 5.91 Å². The normalized spacial score (nSPS) is 16.5. The first kappa shape index (κ1) is 16.7. The Morgan fingerprint density at radius 2 is 1.91 bits per heavy atom. The fourth-order valence-electron chi connectivity index (χ4n) is 2.33. The first-order valence-corrected chi connectivity index (χ1v) is 7.68. The van der Waals surface area contributed by atoms with Gasteiger partial charge in [-0.2, -0.15) is 0 Å². The van der Waals surface area contributed by atoms with Crippen LogP contribution in [-0.4, -0.2) is 53.8 Å². The summed E-state index contributed by atoms with van der Waals surface area (Å²) in [6.07, 6.45) is 1.64. The lowest BCUT2D eigenvalue weighted by Crippen LogP contribution is -2.41. The van der Waals surface area contributed by atoms with Crippen LogP contribution in [-0.2, 0) is 11.3 Å². The van der Waals surface area contributed by atoms with Crippen molar-refractivity contribution in [2.75, 3.05) is 32.8 Å². The zero-order valence-corrected chi connectivity index (χ0v) is 13.6. The predicted molar refractivity (Wildman–Crippen MR) is 85.2 cm³/mol. The lowest BCUT2D eigenvalue weighted by atomic mass is 10.1. The van der Waals surface area contributed by atoms with Gasteiger partial charge in [-0.05, 0) is 26.8 Å². The van der Waals surface area contributed by atoms with Gasteiger partial charge in [0.1, 0.15) is 0 Å². The van der Waals surface area contributed by atoms with Crippen LogP contribution in [0.3, 0.4) is 0 Å². The van der Waals surface area contributed by atoms with Crippen LogP contribution in [0.5, 0.6) is 0 Å². The highest BCUT2D eigenvalue weighted by Gasteiger charge is 2.16. The van der Waals surface area contributed by atoms with E-state index in [0.29, 0.717) is 12.1 Å². The number of morpholine rings is 1. The Morgan fingerprint density at radius 3 is 2.55 bits per heavy atom. The Labute approximate surface area is 131 Å². The van der Waals surface area contributed by atoms with Gasteiger partial charge in [0.15, 0.2) is 0 Å². The first-order valence-electron chi connectivity index (χ1n) is 7.68. The molecule has 122 valence electrons. The van der Waals surface area contributed by atoms with Crippen molar-refractivity contribution in [2.45, 2.75) is 32.9 Å². The minimum Gasteiger partial charge on any atom is -0.379 e. The standard InChI is InChI=1S/C16H25N3O3/c1-16(2,3)17-15(21)13-4-5-14(20)19(12-13)7-6-18-8-10-22-11-9-18/h4-5,12H,6-11H2,1-3H3,(H,17,21). The molecule has 1 aliphatic heterocycles. The molecule has 0 atom stereocenters. The molecule has 6 nitrogen and oxygen atoms in total. The second-order valence-electron chi connectivity index (χ2n) is 6.61. The summed E-state index contributed by atoms with van der Waals surface area (Å²) in [7, 11) is 0. The number of carbonyl (C=O) groups excluding carboxylic acids is 1. The van der Waals surface area contributed by atoms with E-state index in [2.05, 4.69) is 10.2 Å². The summed E-state index contributed by atoms with van der Waals surface area (Å²) >= 11 is 0. The van der Waals surface area contributed by atoms with Crippen molar-refractivity contribution in [3.05, 3.63) is 34.2 Å². The number of rotatable bonds is 4. The summed E-state index contributed by atoms with van der Waals surface area (Å²) in [5.74, 6) is -0.160. The van der Waals surface area contributed by atoms with Crippen LogP contribution in [0, 0.1) is 0 Å². The van der Waals surface area contributed by atoms with Crippen molar-refractivity contribution in [1.29, 1.82) is 0 Å². The SMILES string of the molecule is CC(C)(C)NC(=O)c1ccc(=O)n(CCN2CCOCC2)c1. The molecule has 1 aromatic rings. The summed E-state index contributed by atoms with van der Waals surface area (Å²) in [5.41, 5.74) is 0.128. The van der Waals surface area contributed by atoms with E-state index in [0.717, 1.165) is 32.8 Å². The molecule has 1 saturated heterocycles. The maximum absolute atomic E-state index is 12.2. The predicted octanol–water partition coefficient (Wildman–Crippen LogP) is 0.709. The van der Waals surface area contributed by atoms with Crippen molar-refractivity contribution in [2.24, 2.45) is 0 Å². The molecule has 0 bridgehead atoms. The number of hydrogen-bond acceptors (Lipinski definition) is 4. The zero-order valence-electron chi connectivity index (χ0n) is 13.6. The zero-order chi connectivity index (χ0) is 16.2. The average Bonchev–Trinajstić information content (AvgIpc) is 2.45. The smallest absolute Gasteiger partial charge is 0.253 e. The van der Waals surface area contributed by atoms with Gasteiger partial charge in [0.05, 0.1) is 18.8 Å². The summed E-state index contributed by atoms with van der Waals surface area (Å²) in [6.45, 7) is 10.4. The minimum absolute atomic E-state index is 0.0828. The van der Waals surface area contributed by atoms with E-state index in [-0.39, 0.29) is 17.0 Å². The molecule has 0 saturated carbocycles. The van der Waals surface area contributed by atoms with Crippen LogP contribution < -0.4 is 10.9 Å². The van der Waals surface area contributed by atoms with Gasteiger partial charge in [0.25, 0.3) is 11.5 Å². The number of nitrogens with zero attached hydrogens (tertiary/aromatic N) is 2. The van der Waals surface area contributed by atoms with Crippen LogP contribution in [0.4, 0.5) is 0 Å². The van der Waals surface area contributed by atoms with Crippen LogP contribution >= 0.6 is 0 Å². The Bertz CT molecular complexity index is 569. The van der Waals surface area contributed by atoms with Gasteiger partial charge in [0.2, 0.25) is 0 Å². The molecule has 0 aromatic carbocycles. The molecular weight excluding hydrogens is 282 g/mol. The van der Waals surface area contributed by atoms with Gasteiger partial charge in [-0.1, -0.05) is 0 Å². The molecule has 0 spiro atoms. The number of hydrogen-bond donors (Lipinski definition) is 1. The van der Waals surface area contributed by atoms with Crippen LogP contribution in [0.2, 0.25) is 0 Å². The number of ether oxygens (including phenoxy) is 1. The summed E-state index contributed by atoms with van der Waals surface area (Å²) < 4.78 is 6.91. The van der Waals surface area contributed by atoms with Crippen molar-refractivity contribution < 1.29 is 9.53 Å². The summed E-state index contributed by atoms with van der Waals surface area (Å²) in [6, 6.07) is 3.03. The monoisotopic (exact) mass is 307 g/mol. The Kier molecular flexibility index (Phi) is 5.37. The van der Waals surface area contributed by atoms with E-state index in [1.54, 1.807) is 16.8 Å². The third-order valence-corrected chi connectivity index (χ3v) is 3.50. The van der Waals surface area contributed by atoms with Gasteiger partial charge >= 0.3 is 0 Å². The molecule has 2 heterocycles. The van der Waals surface area contributed by atoms with Crippen LogP contribution in [0.25, 0.3) is 0 Å². The highest BCUT2D eigenvalue weighted by atomic mass is 16.5. The number of carbonyl (C=O) groups is 1. The van der Waals surface area contributed by atoms with E-state index < -0.39 is 0 Å². The molecule has 1 N–H and O–H groups in total. The Hall–Kier alpha value is -1.66. The fourth-order valence-corrected chi connectivity index (χ4v) is 2.33. The van der Waals surface area contributed by atoms with Gasteiger partial charge in [-0.15, -0.1) is 0 Å². The maximum Gasteiger partial charge on any atom is 0.253 e. The molecule has 2 rings (SSSR count). The fraction of sp³-hybridized carbons (Fsp3) is 0.625. The second kappa shape index (κ2) is 7.07. The summed E-state index contributed by atoms with van der Waals surface area (Å²) in [5, 5.41) is 2.91. The lowest BCUT2D eigenvalue weighted by Gasteiger charge is -2.26. The molecule has 1 fully saturated rings. The molecular formula is C16H25N3O3. The highest BCUT2D eigenvalue weighted by Crippen LogP contribution is 2.04. The van der Waals surface area contributed by atoms with Gasteiger partial charge in [0, 0.05) is 44.0 Å². The quantitative estimate of drug-likeness (QED) is 0.890. The van der Waals surface area contributed by atoms with Gasteiger partial charge < -0.3 is 14.6 Å². The Balaban J connectivity index is 2.03. The van der Waals surface area contributed by atoms with Gasteiger partial charge in [-0.3, -0.25) is 14.5 Å². The van der Waals surface area contributed by atoms with Crippen LogP contribution in [0.1, 0.15) is 31.1 Å². The van der Waals surface area contributed by atoms with E-state index >= 15 is 0 Å². The average molecular weight is 307 g/mol. The number of nitrogens with one attached hydrogen (secondary N) is 1. The summed E-state index contributed by atoms with van der Waals surface area (Å²) in [4.78, 5) is 26.4. The van der Waals surface area contributed by atoms with Crippen molar-refractivity contribution in [3.63, 3.8) is 0 Å². The number of aromatic nitrogens is 1. The van der Waals surface area contributed by atoms with E-state index in [1.165, 1.54) is 6.07 Å². The lowest BCUT2D eigenvalue weighted by molar-refractivity contribution is 0.0363. The largest absolute Gasteiger partial charge is 0.379 e. The highest BCUT2D eigenvalue weighted by molar-refractivity contribution is 5.94. The van der Waals surface area contributed by atoms with Gasteiger partial charge in [-0.25, -0.2) is 0 Å². The minimum atomic E-state index is -0.300. The molecule has 1 aromatic heterocycles. The topological polar surface area (TPSA) is 63.6 Å². The molecule has 0 aliphatic carbocycles. The number of amides is 1. The Morgan fingerprint density at radius 1 is 1.23 bits per heavy atom. The third-order valence-electron chi connectivity index (χ3n) is 3.50. The van der Waals surface area contributed by atoms with Crippen LogP contribution in [0.15, 0.2) is 23.1 Å². The molecule has 0 unspecified atom stereocenters. The molecule has 1 aliphatic rings. The second-order valence-corrected chi connectivity index (χ2v) is 6.61. The maximum atomic E-state index is 12.2. The van der Waals surface area contributed by atoms with E-state index in [1.807, 2.05) is 20.8 Å². The third kappa shape index (κ3) is 4.96. The van der Waals surface area contributed by atoms with Crippen molar-refractivity contribution in [1.82, 2.24) is 14.8 Å². The molecule has 1 amide bonds. The van der Waals surface area contributed by atoms with E-state index in [9.17, 15) is 9.59 Å². The molecule has 6 heteroatoms. The van der Waals surface area contributed by atoms with E-state index in [4.69, 9.17) is 4.74 Å².